The van der Waals surface area contributed by atoms with Crippen molar-refractivity contribution < 1.29 is 9.53 Å². The first-order chi connectivity index (χ1) is 15.2. The second kappa shape index (κ2) is 13.1. The average molecular weight is 425 g/mol. The minimum absolute atomic E-state index is 0.111. The molecule has 31 heavy (non-hydrogen) atoms. The van der Waals surface area contributed by atoms with Crippen molar-refractivity contribution in [1.29, 1.82) is 0 Å². The van der Waals surface area contributed by atoms with Crippen LogP contribution in [-0.2, 0) is 4.74 Å². The van der Waals surface area contributed by atoms with Crippen LogP contribution in [0.2, 0.25) is 0 Å². The van der Waals surface area contributed by atoms with Crippen molar-refractivity contribution in [3.8, 4) is 0 Å². The normalized spacial score (nSPS) is 23.9. The lowest BCUT2D eigenvalue weighted by Gasteiger charge is -2.28. The van der Waals surface area contributed by atoms with E-state index >= 15 is 0 Å². The van der Waals surface area contributed by atoms with Gasteiger partial charge in [-0.3, -0.25) is 0 Å². The van der Waals surface area contributed by atoms with Gasteiger partial charge >= 0.3 is 5.97 Å². The van der Waals surface area contributed by atoms with Crippen LogP contribution in [0.5, 0.6) is 0 Å². The SMILES string of the molecule is CCCCCCCC1CC=C(c2ccc(C(=O)O[C@H]3CC[C@H](CCC)CC3)cc2)CC1. The van der Waals surface area contributed by atoms with Crippen LogP contribution in [0.3, 0.4) is 0 Å². The summed E-state index contributed by atoms with van der Waals surface area (Å²) in [6.07, 6.45) is 21.6. The van der Waals surface area contributed by atoms with Gasteiger partial charge < -0.3 is 4.74 Å². The number of esters is 1. The second-order valence-electron chi connectivity index (χ2n) is 9.99. The summed E-state index contributed by atoms with van der Waals surface area (Å²) in [5.74, 6) is 1.56. The maximum absolute atomic E-state index is 12.6. The number of carbonyl (C=O) groups is 1. The predicted molar refractivity (Wildman–Crippen MR) is 131 cm³/mol. The highest BCUT2D eigenvalue weighted by molar-refractivity contribution is 5.90. The van der Waals surface area contributed by atoms with E-state index < -0.39 is 0 Å². The molecule has 1 unspecified atom stereocenters. The summed E-state index contributed by atoms with van der Waals surface area (Å²) in [5, 5.41) is 0. The summed E-state index contributed by atoms with van der Waals surface area (Å²) in [6, 6.07) is 8.15. The monoisotopic (exact) mass is 424 g/mol. The lowest BCUT2D eigenvalue weighted by atomic mass is 9.83. The molecular weight excluding hydrogens is 380 g/mol. The largest absolute Gasteiger partial charge is 0.459 e. The van der Waals surface area contributed by atoms with Crippen LogP contribution in [0.1, 0.15) is 126 Å². The molecule has 1 aromatic rings. The molecule has 2 aliphatic rings. The number of hydrogen-bond donors (Lipinski definition) is 0. The molecule has 0 amide bonds. The zero-order chi connectivity index (χ0) is 21.9. The molecule has 1 fully saturated rings. The van der Waals surface area contributed by atoms with Gasteiger partial charge in [-0.05, 0) is 80.1 Å². The molecule has 1 saturated carbocycles. The number of carbonyl (C=O) groups excluding carboxylic acids is 1. The number of unbranched alkanes of at least 4 members (excludes halogenated alkanes) is 4. The van der Waals surface area contributed by atoms with E-state index in [0.29, 0.717) is 5.56 Å². The van der Waals surface area contributed by atoms with Crippen molar-refractivity contribution in [2.75, 3.05) is 0 Å². The van der Waals surface area contributed by atoms with Gasteiger partial charge in [-0.15, -0.1) is 0 Å². The van der Waals surface area contributed by atoms with Crippen molar-refractivity contribution >= 4 is 11.5 Å². The summed E-state index contributed by atoms with van der Waals surface area (Å²) >= 11 is 0. The van der Waals surface area contributed by atoms with E-state index in [-0.39, 0.29) is 12.1 Å². The summed E-state index contributed by atoms with van der Waals surface area (Å²) in [6.45, 7) is 4.54. The third-order valence-corrected chi connectivity index (χ3v) is 7.49. The molecule has 2 heteroatoms. The Morgan fingerprint density at radius 2 is 1.58 bits per heavy atom. The fraction of sp³-hybridized carbons (Fsp3) is 0.690. The van der Waals surface area contributed by atoms with Crippen LogP contribution < -0.4 is 0 Å². The Labute approximate surface area is 190 Å². The third-order valence-electron chi connectivity index (χ3n) is 7.49. The highest BCUT2D eigenvalue weighted by atomic mass is 16.5. The van der Waals surface area contributed by atoms with Crippen molar-refractivity contribution in [2.45, 2.75) is 116 Å². The Morgan fingerprint density at radius 1 is 0.839 bits per heavy atom. The molecule has 0 heterocycles. The summed E-state index contributed by atoms with van der Waals surface area (Å²) in [7, 11) is 0. The van der Waals surface area contributed by atoms with Gasteiger partial charge in [-0.2, -0.15) is 0 Å². The van der Waals surface area contributed by atoms with E-state index in [1.54, 1.807) is 0 Å². The van der Waals surface area contributed by atoms with Crippen molar-refractivity contribution in [1.82, 2.24) is 0 Å². The van der Waals surface area contributed by atoms with E-state index in [1.165, 1.54) is 94.6 Å². The molecule has 0 N–H and O–H groups in total. The molecular formula is C29H44O2. The zero-order valence-corrected chi connectivity index (χ0v) is 20.0. The topological polar surface area (TPSA) is 26.3 Å². The van der Waals surface area contributed by atoms with Crippen molar-refractivity contribution in [3.05, 3.63) is 41.5 Å². The van der Waals surface area contributed by atoms with Crippen LogP contribution >= 0.6 is 0 Å². The molecule has 172 valence electrons. The van der Waals surface area contributed by atoms with E-state index in [1.807, 2.05) is 12.1 Å². The lowest BCUT2D eigenvalue weighted by Crippen LogP contribution is -2.24. The smallest absolute Gasteiger partial charge is 0.338 e. The molecule has 0 aromatic heterocycles. The molecule has 3 rings (SSSR count). The van der Waals surface area contributed by atoms with Crippen LogP contribution in [0.15, 0.2) is 30.3 Å². The zero-order valence-electron chi connectivity index (χ0n) is 20.0. The van der Waals surface area contributed by atoms with Gasteiger partial charge in [0.25, 0.3) is 0 Å². The third kappa shape index (κ3) is 7.81. The van der Waals surface area contributed by atoms with Gasteiger partial charge in [-0.1, -0.05) is 83.4 Å². The highest BCUT2D eigenvalue weighted by Gasteiger charge is 2.24. The quantitative estimate of drug-likeness (QED) is 0.262. The average Bonchev–Trinajstić information content (AvgIpc) is 2.81. The molecule has 1 aromatic carbocycles. The van der Waals surface area contributed by atoms with Gasteiger partial charge in [0.15, 0.2) is 0 Å². The molecule has 0 radical (unpaired) electrons. The summed E-state index contributed by atoms with van der Waals surface area (Å²) in [5.41, 5.74) is 3.43. The molecule has 0 aliphatic heterocycles. The van der Waals surface area contributed by atoms with Gasteiger partial charge in [-0.25, -0.2) is 4.79 Å². The molecule has 0 bridgehead atoms. The van der Waals surface area contributed by atoms with E-state index in [9.17, 15) is 4.79 Å². The van der Waals surface area contributed by atoms with Crippen LogP contribution in [-0.4, -0.2) is 12.1 Å². The maximum Gasteiger partial charge on any atom is 0.338 e. The van der Waals surface area contributed by atoms with E-state index in [0.717, 1.165) is 24.7 Å². The van der Waals surface area contributed by atoms with Crippen molar-refractivity contribution in [2.24, 2.45) is 11.8 Å². The maximum atomic E-state index is 12.6. The van der Waals surface area contributed by atoms with Crippen LogP contribution in [0, 0.1) is 11.8 Å². The number of benzene rings is 1. The first kappa shape index (κ1) is 24.1. The molecule has 0 spiro atoms. The van der Waals surface area contributed by atoms with Crippen LogP contribution in [0.4, 0.5) is 0 Å². The van der Waals surface area contributed by atoms with E-state index in [4.69, 9.17) is 4.74 Å². The molecule has 2 nitrogen and oxygen atoms in total. The van der Waals surface area contributed by atoms with Crippen LogP contribution in [0.25, 0.3) is 5.57 Å². The Hall–Kier alpha value is -1.57. The van der Waals surface area contributed by atoms with Gasteiger partial charge in [0.05, 0.1) is 5.56 Å². The Balaban J connectivity index is 1.42. The number of rotatable bonds is 11. The molecule has 1 atom stereocenters. The first-order valence-electron chi connectivity index (χ1n) is 13.2. The first-order valence-corrected chi connectivity index (χ1v) is 13.2. The Kier molecular flexibility index (Phi) is 10.2. The molecule has 2 aliphatic carbocycles. The van der Waals surface area contributed by atoms with E-state index in [2.05, 4.69) is 32.1 Å². The lowest BCUT2D eigenvalue weighted by molar-refractivity contribution is 0.0161. The van der Waals surface area contributed by atoms with Gasteiger partial charge in [0, 0.05) is 0 Å². The number of allylic oxidation sites excluding steroid dienone is 2. The van der Waals surface area contributed by atoms with Crippen molar-refractivity contribution in [3.63, 3.8) is 0 Å². The minimum Gasteiger partial charge on any atom is -0.459 e. The fourth-order valence-corrected chi connectivity index (χ4v) is 5.44. The molecule has 0 saturated heterocycles. The Bertz CT molecular complexity index is 679. The van der Waals surface area contributed by atoms with Gasteiger partial charge in [0.2, 0.25) is 0 Å². The second-order valence-corrected chi connectivity index (χ2v) is 9.99. The standard InChI is InChI=1S/C29H44O2/c1-3-5-6-7-8-10-24-11-15-25(16-12-24)26-17-19-27(20-18-26)29(30)31-28-21-13-23(9-4-2)14-22-28/h15,17-20,23-24,28H,3-14,16,21-22H2,1-2H3/t23-,24?,28-. The fourth-order valence-electron chi connectivity index (χ4n) is 5.44. The van der Waals surface area contributed by atoms with Gasteiger partial charge in [0.1, 0.15) is 6.10 Å². The summed E-state index contributed by atoms with van der Waals surface area (Å²) < 4.78 is 5.81. The highest BCUT2D eigenvalue weighted by Crippen LogP contribution is 2.33. The summed E-state index contributed by atoms with van der Waals surface area (Å²) in [4.78, 5) is 12.6. The minimum atomic E-state index is -0.147. The number of hydrogen-bond acceptors (Lipinski definition) is 2. The number of ether oxygens (including phenoxy) is 1. The predicted octanol–water partition coefficient (Wildman–Crippen LogP) is 8.75. The Morgan fingerprint density at radius 3 is 2.23 bits per heavy atom.